The van der Waals surface area contributed by atoms with E-state index >= 15 is 0 Å². The van der Waals surface area contributed by atoms with Crippen LogP contribution in [0.25, 0.3) is 0 Å². The van der Waals surface area contributed by atoms with Crippen molar-refractivity contribution in [3.8, 4) is 0 Å². The van der Waals surface area contributed by atoms with Gasteiger partial charge in [-0.2, -0.15) is 11.8 Å². The fraction of sp³-hybridized carbons (Fsp3) is 0.690. The zero-order valence-electron chi connectivity index (χ0n) is 56.2. The van der Waals surface area contributed by atoms with Crippen LogP contribution in [0.4, 0.5) is 0 Å². The lowest BCUT2D eigenvalue weighted by atomic mass is 9.97. The summed E-state index contributed by atoms with van der Waals surface area (Å²) >= 11 is 1.27. The maximum atomic E-state index is 14.2. The van der Waals surface area contributed by atoms with Gasteiger partial charge in [-0.15, -0.1) is 0 Å². The van der Waals surface area contributed by atoms with E-state index in [0.717, 1.165) is 6.92 Å². The van der Waals surface area contributed by atoms with Crippen molar-refractivity contribution < 1.29 is 107 Å². The van der Waals surface area contributed by atoms with Gasteiger partial charge in [0.2, 0.25) is 76.8 Å². The highest BCUT2D eigenvalue weighted by molar-refractivity contribution is 7.98. The molecule has 0 saturated heterocycles. The van der Waals surface area contributed by atoms with Crippen molar-refractivity contribution in [1.82, 2.24) is 63.8 Å². The summed E-state index contributed by atoms with van der Waals surface area (Å²) in [5.74, 6) is -20.4. The first-order valence-electron chi connectivity index (χ1n) is 31.4. The minimum atomic E-state index is -1.89. The molecule has 40 heteroatoms. The number of hydrogen-bond donors (Lipinski definition) is 21. The van der Waals surface area contributed by atoms with E-state index in [9.17, 15) is 96.8 Å². The van der Waals surface area contributed by atoms with Crippen LogP contribution in [0, 0.1) is 17.8 Å². The Morgan fingerprint density at radius 3 is 1.31 bits per heavy atom. The Bertz CT molecular complexity index is 2810. The summed E-state index contributed by atoms with van der Waals surface area (Å²) in [6.45, 7) is 8.51. The fourth-order valence-corrected chi connectivity index (χ4v) is 9.36. The van der Waals surface area contributed by atoms with E-state index in [1.807, 2.05) is 5.32 Å². The molecular weight excluding hydrogens is 1320 g/mol. The van der Waals surface area contributed by atoms with Gasteiger partial charge in [-0.25, -0.2) is 0 Å². The SMILES string of the molecule is CC[C@H](C)[C@H](NC(=O)CNC(=O)[C@@H](N)CCC(=O)O)C(=O)N[C@@H](CCC(N)=O)C(=O)N[C@H](C(=O)N[C@@H](CC(C)C)C(=O)N[C@@H](CCSC)C(=O)NCC(=O)N[C@@H](CCCN=C(N)N)C(=O)N[C@@H](CC(C)C)C(=O)N[C@@H](CCC(=O)O)C(=O)N[C@@H](CC(=O)O)C(=O)NCC(=O)O)[C@@H](C)O. The molecule has 0 radical (unpaired) electrons. The lowest BCUT2D eigenvalue weighted by Crippen LogP contribution is -2.62. The summed E-state index contributed by atoms with van der Waals surface area (Å²) in [7, 11) is 0. The summed E-state index contributed by atoms with van der Waals surface area (Å²) in [5, 5.41) is 75.8. The van der Waals surface area contributed by atoms with E-state index in [-0.39, 0.29) is 75.0 Å². The van der Waals surface area contributed by atoms with Crippen LogP contribution in [-0.2, 0) is 81.5 Å². The van der Waals surface area contributed by atoms with E-state index in [0.29, 0.717) is 0 Å². The monoisotopic (exact) mass is 1420 g/mol. The van der Waals surface area contributed by atoms with Gasteiger partial charge in [0.25, 0.3) is 0 Å². The van der Waals surface area contributed by atoms with Crippen molar-refractivity contribution in [2.75, 3.05) is 38.2 Å². The molecule has 0 aliphatic rings. The third-order valence-electron chi connectivity index (χ3n) is 14.3. The van der Waals surface area contributed by atoms with Gasteiger partial charge >= 0.3 is 23.9 Å². The van der Waals surface area contributed by atoms with Crippen LogP contribution in [0.15, 0.2) is 4.99 Å². The smallest absolute Gasteiger partial charge is 0.322 e. The number of nitrogens with one attached hydrogen (secondary N) is 12. The maximum absolute atomic E-state index is 14.2. The Labute approximate surface area is 569 Å². The molecule has 98 heavy (non-hydrogen) atoms. The van der Waals surface area contributed by atoms with Gasteiger partial charge in [0.05, 0.1) is 31.7 Å². The molecule has 13 amide bonds. The van der Waals surface area contributed by atoms with Crippen molar-refractivity contribution in [3.05, 3.63) is 0 Å². The number of hydrogen-bond acceptors (Lipinski definition) is 21. The molecule has 0 heterocycles. The number of nitrogens with zero attached hydrogens (tertiary/aromatic N) is 1. The number of aliphatic carboxylic acids is 4. The number of aliphatic hydroxyl groups excluding tert-OH is 1. The lowest BCUT2D eigenvalue weighted by Gasteiger charge is -2.29. The van der Waals surface area contributed by atoms with Gasteiger partial charge in [0.15, 0.2) is 5.96 Å². The molecule has 0 aliphatic carbocycles. The van der Waals surface area contributed by atoms with Crippen LogP contribution < -0.4 is 86.7 Å². The van der Waals surface area contributed by atoms with E-state index in [1.54, 1.807) is 47.8 Å². The average molecular weight is 1420 g/mol. The highest BCUT2D eigenvalue weighted by Gasteiger charge is 2.37. The highest BCUT2D eigenvalue weighted by atomic mass is 32.2. The average Bonchev–Trinajstić information content (AvgIpc) is 0.860. The minimum Gasteiger partial charge on any atom is -0.481 e. The van der Waals surface area contributed by atoms with Crippen LogP contribution in [0.2, 0.25) is 0 Å². The number of carboxylic acid groups (broad SMARTS) is 4. The van der Waals surface area contributed by atoms with E-state index < -0.39 is 231 Å². The van der Waals surface area contributed by atoms with Crippen molar-refractivity contribution in [3.63, 3.8) is 0 Å². The Kier molecular flexibility index (Phi) is 42.1. The van der Waals surface area contributed by atoms with Gasteiger partial charge < -0.3 is 112 Å². The molecule has 0 aromatic carbocycles. The second-order valence-corrected chi connectivity index (χ2v) is 24.7. The summed E-state index contributed by atoms with van der Waals surface area (Å²) in [5.41, 5.74) is 22.0. The number of aliphatic hydroxyl groups is 1. The van der Waals surface area contributed by atoms with E-state index in [4.69, 9.17) is 33.1 Å². The second kappa shape index (κ2) is 46.6. The third-order valence-corrected chi connectivity index (χ3v) is 14.9. The van der Waals surface area contributed by atoms with Crippen LogP contribution in [-0.4, -0.2) is 237 Å². The lowest BCUT2D eigenvalue weighted by molar-refractivity contribution is -0.142. The minimum absolute atomic E-state index is 0.0291. The fourth-order valence-electron chi connectivity index (χ4n) is 8.89. The first-order chi connectivity index (χ1) is 45.7. The van der Waals surface area contributed by atoms with Crippen LogP contribution in [0.3, 0.4) is 0 Å². The first-order valence-corrected chi connectivity index (χ1v) is 32.8. The topological polar surface area (TPSA) is 652 Å². The number of aliphatic imine (C=N–C) groups is 1. The Hall–Kier alpha value is -9.47. The van der Waals surface area contributed by atoms with E-state index in [1.165, 1.54) is 11.8 Å². The van der Waals surface area contributed by atoms with Gasteiger partial charge in [-0.1, -0.05) is 48.0 Å². The maximum Gasteiger partial charge on any atom is 0.322 e. The summed E-state index contributed by atoms with van der Waals surface area (Å²) in [6.07, 6.45) is -4.24. The molecule has 0 aromatic heterocycles. The number of thioether (sulfide) groups is 1. The molecule has 0 aliphatic heterocycles. The summed E-state index contributed by atoms with van der Waals surface area (Å²) < 4.78 is 0. The Balaban J connectivity index is 6.74. The number of primary amides is 1. The molecule has 0 rings (SSSR count). The predicted molar refractivity (Wildman–Crippen MR) is 349 cm³/mol. The number of amides is 13. The number of carboxylic acids is 4. The molecule has 12 atom stereocenters. The number of guanidine groups is 1. The summed E-state index contributed by atoms with van der Waals surface area (Å²) in [4.78, 5) is 224. The third kappa shape index (κ3) is 37.7. The van der Waals surface area contributed by atoms with Gasteiger partial charge in [-0.3, -0.25) is 86.5 Å². The van der Waals surface area contributed by atoms with Crippen molar-refractivity contribution in [2.24, 2.45) is 45.7 Å². The van der Waals surface area contributed by atoms with Crippen molar-refractivity contribution in [1.29, 1.82) is 0 Å². The molecule has 0 fully saturated rings. The second-order valence-electron chi connectivity index (χ2n) is 23.8. The zero-order valence-corrected chi connectivity index (χ0v) is 57.0. The van der Waals surface area contributed by atoms with E-state index in [2.05, 4.69) is 63.5 Å². The predicted octanol–water partition coefficient (Wildman–Crippen LogP) is -7.09. The van der Waals surface area contributed by atoms with Gasteiger partial charge in [0, 0.05) is 25.8 Å². The largest absolute Gasteiger partial charge is 0.481 e. The molecule has 0 aromatic rings. The van der Waals surface area contributed by atoms with Crippen LogP contribution in [0.5, 0.6) is 0 Å². The molecule has 0 unspecified atom stereocenters. The molecule has 0 saturated carbocycles. The number of carbonyl (C=O) groups is 17. The molecule has 0 bridgehead atoms. The first kappa shape index (κ1) is 88.5. The quantitative estimate of drug-likeness (QED) is 0.0153. The molecule has 0 spiro atoms. The number of rotatable bonds is 50. The molecule has 554 valence electrons. The zero-order chi connectivity index (χ0) is 75.1. The van der Waals surface area contributed by atoms with Gasteiger partial charge in [-0.05, 0) is 88.1 Å². The normalized spacial score (nSPS) is 14.7. The van der Waals surface area contributed by atoms with Gasteiger partial charge in [0.1, 0.15) is 60.9 Å². The Morgan fingerprint density at radius 2 is 0.837 bits per heavy atom. The molecule has 39 nitrogen and oxygen atoms in total. The Morgan fingerprint density at radius 1 is 0.429 bits per heavy atom. The highest BCUT2D eigenvalue weighted by Crippen LogP contribution is 2.14. The molecular formula is C58H99N17O22S. The molecule has 25 N–H and O–H groups in total. The van der Waals surface area contributed by atoms with Crippen LogP contribution in [0.1, 0.15) is 132 Å². The number of carbonyl (C=O) groups excluding carboxylic acids is 13. The number of nitrogens with two attached hydrogens (primary N) is 4. The summed E-state index contributed by atoms with van der Waals surface area (Å²) in [6, 6.07) is -15.7. The van der Waals surface area contributed by atoms with Crippen molar-refractivity contribution >= 4 is 118 Å². The van der Waals surface area contributed by atoms with Crippen LogP contribution >= 0.6 is 11.8 Å². The standard InChI is InChI=1S/C58H99N17O22S/c1-9-29(6)46(74-41(79)25-64-48(88)31(59)12-16-42(80)81)56(96)70-33(13-15-39(60)77)53(93)75-47(30(7)76)57(97)73-37(22-28(4)5)55(95)69-35(18-20-98-8)49(89)65-24-40(78)67-32(11-10-19-63-58(61)62)51(91)71-36(21-27(2)3)54(94)68-34(14-17-43(82)83)52(92)72-38(23-44(84)85)50(90)66-26-45(86)87/h27-38,46-47,76H,9-26,59H2,1-8H3,(H2,60,77)(H,64,88)(H,65,89)(H,66,90)(H,67,78)(H,68,94)(H,69,95)(H,70,96)(H,71,91)(H,72,92)(H,73,97)(H,74,79)(H,75,93)(H,80,81)(H,82,83)(H,84,85)(H,86,87)(H4,61,62,63)/t29-,30+,31-,32-,33-,34-,35-,36-,37-,38-,46-,47-/m0/s1. The van der Waals surface area contributed by atoms with Crippen molar-refractivity contribution in [2.45, 2.75) is 198 Å².